The van der Waals surface area contributed by atoms with Gasteiger partial charge < -0.3 is 4.90 Å². The maximum absolute atomic E-state index is 2.56. The van der Waals surface area contributed by atoms with Gasteiger partial charge in [-0.25, -0.2) is 0 Å². The zero-order chi connectivity index (χ0) is 39.3. The Hall–Kier alpha value is -6.44. The number of nitrogens with zero attached hydrogens (tertiary/aromatic N) is 1. The summed E-state index contributed by atoms with van der Waals surface area (Å²) < 4.78 is 0. The van der Waals surface area contributed by atoms with Gasteiger partial charge in [-0.1, -0.05) is 184 Å². The molecule has 0 amide bonds. The lowest BCUT2D eigenvalue weighted by atomic mass is 9.66. The van der Waals surface area contributed by atoms with Crippen molar-refractivity contribution >= 4 is 17.1 Å². The van der Waals surface area contributed by atoms with E-state index in [1.807, 2.05) is 0 Å². The molecule has 2 fully saturated rings. The number of hydrogen-bond acceptors (Lipinski definition) is 1. The fourth-order valence-electron chi connectivity index (χ4n) is 12.3. The Morgan fingerprint density at radius 1 is 0.407 bits per heavy atom. The van der Waals surface area contributed by atoms with Crippen molar-refractivity contribution in [2.24, 2.45) is 11.8 Å². The number of rotatable bonds is 6. The molecule has 1 nitrogen and oxygen atoms in total. The van der Waals surface area contributed by atoms with E-state index in [-0.39, 0.29) is 10.8 Å². The highest BCUT2D eigenvalue weighted by Crippen LogP contribution is 2.67. The van der Waals surface area contributed by atoms with Gasteiger partial charge in [-0.3, -0.25) is 0 Å². The van der Waals surface area contributed by atoms with E-state index in [4.69, 9.17) is 0 Å². The molecule has 59 heavy (non-hydrogen) atoms. The van der Waals surface area contributed by atoms with Gasteiger partial charge in [0.05, 0.1) is 17.1 Å². The van der Waals surface area contributed by atoms with Gasteiger partial charge in [-0.15, -0.1) is 0 Å². The molecule has 8 aromatic rings. The van der Waals surface area contributed by atoms with E-state index in [0.29, 0.717) is 5.92 Å². The van der Waals surface area contributed by atoms with Crippen LogP contribution in [0.15, 0.2) is 188 Å². The molecule has 4 aliphatic rings. The Morgan fingerprint density at radius 2 is 0.949 bits per heavy atom. The number of para-hydroxylation sites is 3. The molecular weight excluding hydrogens is 711 g/mol. The van der Waals surface area contributed by atoms with Gasteiger partial charge in [0.2, 0.25) is 0 Å². The van der Waals surface area contributed by atoms with Crippen LogP contribution in [0.4, 0.5) is 17.1 Å². The zero-order valence-electron chi connectivity index (χ0n) is 33.8. The number of anilines is 3. The average molecular weight is 758 g/mol. The lowest BCUT2D eigenvalue weighted by Gasteiger charge is -2.36. The van der Waals surface area contributed by atoms with E-state index in [1.54, 1.807) is 11.1 Å². The molecule has 2 bridgehead atoms. The molecule has 0 N–H and O–H groups in total. The first-order valence-electron chi connectivity index (χ1n) is 21.6. The van der Waals surface area contributed by atoms with Crippen molar-refractivity contribution in [1.82, 2.24) is 0 Å². The van der Waals surface area contributed by atoms with Crippen molar-refractivity contribution in [2.45, 2.75) is 50.4 Å². The number of hydrogen-bond donors (Lipinski definition) is 0. The van der Waals surface area contributed by atoms with Crippen molar-refractivity contribution in [3.63, 3.8) is 0 Å². The first-order valence-corrected chi connectivity index (χ1v) is 21.6. The topological polar surface area (TPSA) is 3.24 Å². The summed E-state index contributed by atoms with van der Waals surface area (Å²) in [6, 6.07) is 70.9. The molecule has 0 radical (unpaired) electrons. The smallest absolute Gasteiger partial charge is 0.0540 e. The van der Waals surface area contributed by atoms with Gasteiger partial charge >= 0.3 is 0 Å². The average Bonchev–Trinajstić information content (AvgIpc) is 4.04. The summed E-state index contributed by atoms with van der Waals surface area (Å²) in [7, 11) is 0. The van der Waals surface area contributed by atoms with Gasteiger partial charge in [0.1, 0.15) is 0 Å². The molecule has 3 unspecified atom stereocenters. The van der Waals surface area contributed by atoms with Crippen LogP contribution in [0.2, 0.25) is 0 Å². The molecule has 12 rings (SSSR count). The highest BCUT2D eigenvalue weighted by atomic mass is 15.1. The van der Waals surface area contributed by atoms with E-state index in [0.717, 1.165) is 17.3 Å². The Kier molecular flexibility index (Phi) is 7.64. The molecule has 1 heteroatoms. The molecule has 2 saturated carbocycles. The van der Waals surface area contributed by atoms with Crippen LogP contribution in [0.5, 0.6) is 0 Å². The minimum Gasteiger partial charge on any atom is -0.309 e. The van der Waals surface area contributed by atoms with Gasteiger partial charge in [0.25, 0.3) is 0 Å². The fourth-order valence-corrected chi connectivity index (χ4v) is 12.3. The molecule has 284 valence electrons. The second-order valence-electron chi connectivity index (χ2n) is 18.0. The number of fused-ring (bicyclic) bond motifs is 11. The molecular formula is C58H47N. The van der Waals surface area contributed by atoms with Crippen molar-refractivity contribution in [3.05, 3.63) is 210 Å². The first kappa shape index (κ1) is 34.6. The molecule has 0 saturated heterocycles. The third-order valence-corrected chi connectivity index (χ3v) is 14.8. The largest absolute Gasteiger partial charge is 0.309 e. The van der Waals surface area contributed by atoms with E-state index >= 15 is 0 Å². The van der Waals surface area contributed by atoms with Gasteiger partial charge in [-0.05, 0) is 117 Å². The molecule has 3 atom stereocenters. The van der Waals surface area contributed by atoms with E-state index in [9.17, 15) is 0 Å². The van der Waals surface area contributed by atoms with Gasteiger partial charge in [-0.2, -0.15) is 0 Å². The van der Waals surface area contributed by atoms with Crippen LogP contribution < -0.4 is 4.90 Å². The predicted octanol–water partition coefficient (Wildman–Crippen LogP) is 15.6. The Balaban J connectivity index is 1.11. The maximum atomic E-state index is 2.56. The van der Waals surface area contributed by atoms with E-state index in [2.05, 4.69) is 207 Å². The standard InChI is InChI=1S/C58H47N/c1-57(2)49-25-11-6-21-44(49)48-36-40(32-34-50(48)57)43-20-9-14-29-54(43)59(53-28-13-8-19-42(53)39-17-4-3-5-18-39)55-30-15-10-22-45(55)46-24-16-27-52-56(46)47-23-7-12-26-51(47)58(52)37-38-31-33-41(58)35-38/h3-30,32,34,36,38,41H,31,33,35,37H2,1-2H3. The maximum Gasteiger partial charge on any atom is 0.0540 e. The molecule has 0 aromatic heterocycles. The van der Waals surface area contributed by atoms with Crippen LogP contribution in [0.1, 0.15) is 61.8 Å². The summed E-state index contributed by atoms with van der Waals surface area (Å²) in [6.45, 7) is 4.73. The van der Waals surface area contributed by atoms with Crippen molar-refractivity contribution in [3.8, 4) is 55.6 Å². The Bertz CT molecular complexity index is 2950. The summed E-state index contributed by atoms with van der Waals surface area (Å²) in [4.78, 5) is 2.56. The van der Waals surface area contributed by atoms with Crippen LogP contribution >= 0.6 is 0 Å². The van der Waals surface area contributed by atoms with Crippen LogP contribution in [-0.4, -0.2) is 0 Å². The summed E-state index contributed by atoms with van der Waals surface area (Å²) in [5, 5.41) is 0. The normalized spacial score (nSPS) is 20.0. The lowest BCUT2D eigenvalue weighted by Crippen LogP contribution is -2.31. The lowest BCUT2D eigenvalue weighted by molar-refractivity contribution is 0.327. The first-order chi connectivity index (χ1) is 29.0. The molecule has 1 spiro atoms. The van der Waals surface area contributed by atoms with E-state index < -0.39 is 0 Å². The number of benzene rings is 8. The molecule has 8 aromatic carbocycles. The second kappa shape index (κ2) is 13.0. The van der Waals surface area contributed by atoms with Crippen LogP contribution in [0, 0.1) is 11.8 Å². The van der Waals surface area contributed by atoms with Crippen molar-refractivity contribution in [2.75, 3.05) is 4.90 Å². The third-order valence-electron chi connectivity index (χ3n) is 14.8. The quantitative estimate of drug-likeness (QED) is 0.163. The minimum absolute atomic E-state index is 0.0469. The van der Waals surface area contributed by atoms with Crippen LogP contribution in [-0.2, 0) is 10.8 Å². The molecule has 4 aliphatic carbocycles. The third kappa shape index (κ3) is 4.97. The SMILES string of the molecule is CC1(C)c2ccccc2-c2cc(-c3ccccc3N(c3ccccc3-c3ccccc3)c3ccccc3-c3cccc4c3-c3ccccc3C43CC4CCC3C4)ccc21. The van der Waals surface area contributed by atoms with Gasteiger partial charge in [0.15, 0.2) is 0 Å². The monoisotopic (exact) mass is 757 g/mol. The zero-order valence-corrected chi connectivity index (χ0v) is 33.8. The van der Waals surface area contributed by atoms with E-state index in [1.165, 1.54) is 98.1 Å². The highest BCUT2D eigenvalue weighted by molar-refractivity contribution is 6.02. The summed E-state index contributed by atoms with van der Waals surface area (Å²) >= 11 is 0. The molecule has 0 heterocycles. The highest BCUT2D eigenvalue weighted by Gasteiger charge is 2.57. The molecule has 0 aliphatic heterocycles. The second-order valence-corrected chi connectivity index (χ2v) is 18.0. The van der Waals surface area contributed by atoms with Crippen LogP contribution in [0.3, 0.4) is 0 Å². The Morgan fingerprint density at radius 3 is 1.64 bits per heavy atom. The minimum atomic E-state index is -0.0469. The van der Waals surface area contributed by atoms with Crippen molar-refractivity contribution in [1.29, 1.82) is 0 Å². The van der Waals surface area contributed by atoms with Crippen LogP contribution in [0.25, 0.3) is 55.6 Å². The summed E-state index contributed by atoms with van der Waals surface area (Å²) in [5.74, 6) is 1.54. The van der Waals surface area contributed by atoms with Gasteiger partial charge in [0, 0.05) is 27.5 Å². The Labute approximate surface area is 348 Å². The fraction of sp³-hybridized carbons (Fsp3) is 0.172. The predicted molar refractivity (Wildman–Crippen MR) is 247 cm³/mol. The van der Waals surface area contributed by atoms with Crippen molar-refractivity contribution < 1.29 is 0 Å². The summed E-state index contributed by atoms with van der Waals surface area (Å²) in [5.41, 5.74) is 22.4. The summed E-state index contributed by atoms with van der Waals surface area (Å²) in [6.07, 6.45) is 5.36.